The fourth-order valence-corrected chi connectivity index (χ4v) is 5.19. The summed E-state index contributed by atoms with van der Waals surface area (Å²) in [6.45, 7) is 11.4. The van der Waals surface area contributed by atoms with E-state index < -0.39 is 7.26 Å². The zero-order valence-electron chi connectivity index (χ0n) is 10.7. The van der Waals surface area contributed by atoms with Crippen molar-refractivity contribution in [1.82, 2.24) is 0 Å². The molecule has 0 aromatic heterocycles. The number of allylic oxidation sites excluding steroid dienone is 3. The van der Waals surface area contributed by atoms with Crippen molar-refractivity contribution in [3.8, 4) is 0 Å². The third kappa shape index (κ3) is 3.27. The molecule has 18 heavy (non-hydrogen) atoms. The van der Waals surface area contributed by atoms with Crippen molar-refractivity contribution in [1.29, 1.82) is 0 Å². The van der Waals surface area contributed by atoms with Gasteiger partial charge in [-0.05, 0) is 12.1 Å². The fraction of sp³-hybridized carbons (Fsp3) is 0.188. The second-order valence-corrected chi connectivity index (χ2v) is 8.02. The third-order valence-corrected chi connectivity index (χ3v) is 6.88. The molecule has 1 nitrogen and oxygen atoms in total. The molecule has 0 saturated heterocycles. The topological polar surface area (TPSA) is 17.1 Å². The van der Waals surface area contributed by atoms with Gasteiger partial charge in [-0.2, -0.15) is 0 Å². The molecule has 2 heteroatoms. The zero-order valence-corrected chi connectivity index (χ0v) is 11.6. The molecule has 0 unspecified atom stereocenters. The molecule has 0 atom stereocenters. The van der Waals surface area contributed by atoms with Crippen LogP contribution in [0.4, 0.5) is 0 Å². The van der Waals surface area contributed by atoms with Crippen molar-refractivity contribution in [3.63, 3.8) is 0 Å². The molecule has 0 amide bonds. The molecule has 0 heterocycles. The van der Waals surface area contributed by atoms with E-state index in [4.69, 9.17) is 0 Å². The van der Waals surface area contributed by atoms with Crippen LogP contribution in [0.3, 0.4) is 0 Å². The number of hydrogen-bond donors (Lipinski definition) is 0. The molecule has 1 aromatic carbocycles. The van der Waals surface area contributed by atoms with E-state index in [1.54, 1.807) is 0 Å². The zero-order chi connectivity index (χ0) is 13.4. The van der Waals surface area contributed by atoms with Crippen molar-refractivity contribution >= 4 is 12.8 Å². The highest BCUT2D eigenvalue weighted by Gasteiger charge is 2.43. The average molecular weight is 259 g/mol. The Morgan fingerprint density at radius 2 is 1.39 bits per heavy atom. The summed E-state index contributed by atoms with van der Waals surface area (Å²) in [7, 11) is -1.80. The van der Waals surface area contributed by atoms with E-state index >= 15 is 0 Å². The summed E-state index contributed by atoms with van der Waals surface area (Å²) in [5.41, 5.74) is 1.04. The van der Waals surface area contributed by atoms with Crippen LogP contribution in [-0.2, 0) is 0 Å². The van der Waals surface area contributed by atoms with Crippen LogP contribution in [0.25, 0.3) is 0 Å². The van der Waals surface area contributed by atoms with Crippen molar-refractivity contribution in [2.24, 2.45) is 0 Å². The minimum Gasteiger partial charge on any atom is -0.247 e. The molecule has 0 spiro atoms. The molecule has 0 fully saturated rings. The minimum absolute atomic E-state index is 0.253. The first-order valence-electron chi connectivity index (χ1n) is 5.99. The molecule has 1 rings (SSSR count). The lowest BCUT2D eigenvalue weighted by atomic mass is 10.2. The summed E-state index contributed by atoms with van der Waals surface area (Å²) >= 11 is 0. The summed E-state index contributed by atoms with van der Waals surface area (Å²) in [5, 5.41) is 0. The first-order chi connectivity index (χ1) is 8.70. The number of carbonyl (C=O) groups is 1. The first-order valence-corrected chi connectivity index (χ1v) is 8.33. The van der Waals surface area contributed by atoms with Crippen LogP contribution in [0.15, 0.2) is 68.3 Å². The van der Waals surface area contributed by atoms with Gasteiger partial charge in [0.2, 0.25) is 0 Å². The third-order valence-electron chi connectivity index (χ3n) is 2.89. The predicted octanol–water partition coefficient (Wildman–Crippen LogP) is 4.40. The summed E-state index contributed by atoms with van der Waals surface area (Å²) in [4.78, 5) is 12.7. The molecule has 0 aliphatic carbocycles. The van der Waals surface area contributed by atoms with Crippen LogP contribution in [0.5, 0.6) is 0 Å². The second-order valence-electron chi connectivity index (χ2n) is 4.23. The maximum Gasteiger partial charge on any atom is 0.298 e. The monoisotopic (exact) mass is 259 g/mol. The Bertz CT molecular complexity index is 407. The highest BCUT2D eigenvalue weighted by Crippen LogP contribution is 2.61. The fourth-order valence-electron chi connectivity index (χ4n) is 2.07. The van der Waals surface area contributed by atoms with Crippen LogP contribution in [0.1, 0.15) is 10.4 Å². The Labute approximate surface area is 110 Å². The van der Waals surface area contributed by atoms with Crippen LogP contribution >= 0.6 is 7.26 Å². The molecule has 0 aliphatic rings. The van der Waals surface area contributed by atoms with E-state index in [9.17, 15) is 4.79 Å². The second kappa shape index (κ2) is 7.08. The maximum atomic E-state index is 12.7. The van der Waals surface area contributed by atoms with E-state index in [-0.39, 0.29) is 5.52 Å². The van der Waals surface area contributed by atoms with Crippen LogP contribution in [0.2, 0.25) is 0 Å². The van der Waals surface area contributed by atoms with Crippen LogP contribution in [0, 0.1) is 0 Å². The Morgan fingerprint density at radius 1 is 0.944 bits per heavy atom. The summed E-state index contributed by atoms with van der Waals surface area (Å²) < 4.78 is 0. The quantitative estimate of drug-likeness (QED) is 0.499. The Hall–Kier alpha value is -1.46. The predicted molar refractivity (Wildman–Crippen MR) is 82.9 cm³/mol. The highest BCUT2D eigenvalue weighted by atomic mass is 31.2. The SMILES string of the molecule is C=CC[P+](CC=C)(CC=C)C(=O)c1ccccc1. The standard InChI is InChI=1S/C16H20OP/c1-4-12-18(13-5-2,14-6-3)16(17)15-10-8-7-9-11-15/h4-11H,1-3,12-14H2/q+1. The van der Waals surface area contributed by atoms with Gasteiger partial charge < -0.3 is 0 Å². The van der Waals surface area contributed by atoms with E-state index in [1.807, 2.05) is 48.6 Å². The molecular formula is C16H20OP+. The first kappa shape index (κ1) is 14.6. The average Bonchev–Trinajstić information content (AvgIpc) is 2.39. The lowest BCUT2D eigenvalue weighted by Crippen LogP contribution is -2.15. The molecule has 0 radical (unpaired) electrons. The van der Waals surface area contributed by atoms with E-state index in [0.717, 1.165) is 24.0 Å². The van der Waals surface area contributed by atoms with Gasteiger partial charge in [0.1, 0.15) is 7.26 Å². The molecule has 0 aliphatic heterocycles. The van der Waals surface area contributed by atoms with Crippen LogP contribution < -0.4 is 0 Å². The van der Waals surface area contributed by atoms with E-state index in [0.29, 0.717) is 0 Å². The smallest absolute Gasteiger partial charge is 0.247 e. The van der Waals surface area contributed by atoms with Gasteiger partial charge in [-0.3, -0.25) is 0 Å². The minimum atomic E-state index is -1.80. The summed E-state index contributed by atoms with van der Waals surface area (Å²) in [5.74, 6) is 0. The lowest BCUT2D eigenvalue weighted by molar-refractivity contribution is 0.107. The van der Waals surface area contributed by atoms with Crippen molar-refractivity contribution < 1.29 is 4.79 Å². The van der Waals surface area contributed by atoms with E-state index in [1.165, 1.54) is 0 Å². The lowest BCUT2D eigenvalue weighted by Gasteiger charge is -2.21. The van der Waals surface area contributed by atoms with Crippen LogP contribution in [-0.4, -0.2) is 24.0 Å². The Balaban J connectivity index is 3.15. The number of rotatable bonds is 8. The van der Waals surface area contributed by atoms with Gasteiger partial charge in [-0.15, -0.1) is 0 Å². The van der Waals surface area contributed by atoms with Gasteiger partial charge in [-0.1, -0.05) is 56.2 Å². The Kier molecular flexibility index (Phi) is 5.74. The largest absolute Gasteiger partial charge is 0.298 e. The number of hydrogen-bond acceptors (Lipinski definition) is 1. The van der Waals surface area contributed by atoms with Gasteiger partial charge in [0.15, 0.2) is 0 Å². The highest BCUT2D eigenvalue weighted by molar-refractivity contribution is 7.92. The van der Waals surface area contributed by atoms with Gasteiger partial charge >= 0.3 is 0 Å². The summed E-state index contributed by atoms with van der Waals surface area (Å²) in [6.07, 6.45) is 7.79. The maximum absolute atomic E-state index is 12.7. The molecule has 94 valence electrons. The number of carbonyl (C=O) groups excluding carboxylic acids is 1. The molecular weight excluding hydrogens is 239 g/mol. The normalized spacial score (nSPS) is 10.7. The molecule has 0 bridgehead atoms. The molecule has 1 aromatic rings. The van der Waals surface area contributed by atoms with Gasteiger partial charge in [0.25, 0.3) is 5.52 Å². The van der Waals surface area contributed by atoms with Crippen molar-refractivity contribution in [2.75, 3.05) is 18.5 Å². The van der Waals surface area contributed by atoms with Gasteiger partial charge in [0, 0.05) is 0 Å². The van der Waals surface area contributed by atoms with Gasteiger partial charge in [0.05, 0.1) is 24.0 Å². The van der Waals surface area contributed by atoms with Gasteiger partial charge in [-0.25, -0.2) is 4.79 Å². The van der Waals surface area contributed by atoms with E-state index in [2.05, 4.69) is 19.7 Å². The van der Waals surface area contributed by atoms with Crippen molar-refractivity contribution in [2.45, 2.75) is 0 Å². The van der Waals surface area contributed by atoms with Crippen molar-refractivity contribution in [3.05, 3.63) is 73.9 Å². The number of benzene rings is 1. The Morgan fingerprint density at radius 3 is 1.78 bits per heavy atom. The summed E-state index contributed by atoms with van der Waals surface area (Å²) in [6, 6.07) is 9.49. The molecule has 0 saturated carbocycles. The molecule has 0 N–H and O–H groups in total.